The molecule has 0 radical (unpaired) electrons. The van der Waals surface area contributed by atoms with Crippen molar-refractivity contribution in [3.05, 3.63) is 35.4 Å². The molecule has 9 heteroatoms. The molecular weight excluding hydrogens is 340 g/mol. The normalized spacial score (nSPS) is 32.8. The van der Waals surface area contributed by atoms with Crippen LogP contribution in [-0.4, -0.2) is 33.7 Å². The van der Waals surface area contributed by atoms with Crippen molar-refractivity contribution in [2.24, 2.45) is 23.0 Å². The molecule has 0 amide bonds. The monoisotopic (exact) mass is 355 g/mol. The number of carboxylic acids is 2. The molecule has 0 spiro atoms. The van der Waals surface area contributed by atoms with Crippen LogP contribution in [0.5, 0.6) is 0 Å². The standard InChI is InChI=1S/C16H15F2NO6/c17-10-3-1-2-7(11(10)18)6-25-14(24)16(19)9(12(20)21)4-8-5-15(8,16)13(22)23/h1-3,8-9H,4-6,19H2,(H,20,21)(H,22,23)/t8-,9?,15-,16-/m1/s1. The molecule has 0 heterocycles. The zero-order valence-corrected chi connectivity index (χ0v) is 12.9. The van der Waals surface area contributed by atoms with Gasteiger partial charge in [-0.25, -0.2) is 13.6 Å². The molecule has 25 heavy (non-hydrogen) atoms. The van der Waals surface area contributed by atoms with Crippen molar-refractivity contribution in [3.63, 3.8) is 0 Å². The Bertz CT molecular complexity index is 784. The second-order valence-corrected chi connectivity index (χ2v) is 6.46. The summed E-state index contributed by atoms with van der Waals surface area (Å²) in [5, 5.41) is 18.8. The molecule has 4 N–H and O–H groups in total. The minimum atomic E-state index is -2.26. The van der Waals surface area contributed by atoms with E-state index in [2.05, 4.69) is 0 Å². The highest BCUT2D eigenvalue weighted by atomic mass is 19.2. The van der Waals surface area contributed by atoms with Crippen molar-refractivity contribution in [1.29, 1.82) is 0 Å². The zero-order chi connectivity index (χ0) is 18.6. The van der Waals surface area contributed by atoms with E-state index in [4.69, 9.17) is 10.5 Å². The summed E-state index contributed by atoms with van der Waals surface area (Å²) < 4.78 is 31.7. The molecule has 2 saturated carbocycles. The number of carbonyl (C=O) groups excluding carboxylic acids is 1. The average molecular weight is 355 g/mol. The number of rotatable bonds is 5. The van der Waals surface area contributed by atoms with Crippen molar-refractivity contribution in [1.82, 2.24) is 0 Å². The van der Waals surface area contributed by atoms with Crippen LogP contribution in [0, 0.1) is 28.9 Å². The Balaban J connectivity index is 1.87. The Morgan fingerprint density at radius 3 is 2.56 bits per heavy atom. The van der Waals surface area contributed by atoms with Gasteiger partial charge in [-0.1, -0.05) is 12.1 Å². The Morgan fingerprint density at radius 2 is 1.96 bits per heavy atom. The van der Waals surface area contributed by atoms with Crippen molar-refractivity contribution in [2.45, 2.75) is 25.0 Å². The van der Waals surface area contributed by atoms with E-state index in [0.29, 0.717) is 0 Å². The molecule has 2 aliphatic carbocycles. The van der Waals surface area contributed by atoms with Gasteiger partial charge >= 0.3 is 17.9 Å². The van der Waals surface area contributed by atoms with Gasteiger partial charge in [0.15, 0.2) is 11.6 Å². The summed E-state index contributed by atoms with van der Waals surface area (Å²) in [6.45, 7) is -0.686. The van der Waals surface area contributed by atoms with Crippen LogP contribution in [0.3, 0.4) is 0 Å². The van der Waals surface area contributed by atoms with Crippen molar-refractivity contribution in [3.8, 4) is 0 Å². The molecule has 1 aromatic rings. The number of hydrogen-bond donors (Lipinski definition) is 3. The van der Waals surface area contributed by atoms with Gasteiger partial charge in [0.05, 0.1) is 5.92 Å². The van der Waals surface area contributed by atoms with Crippen LogP contribution in [0.15, 0.2) is 18.2 Å². The maximum atomic E-state index is 13.6. The molecule has 7 nitrogen and oxygen atoms in total. The first-order valence-electron chi connectivity index (χ1n) is 7.51. The van der Waals surface area contributed by atoms with Gasteiger partial charge in [0.25, 0.3) is 0 Å². The number of halogens is 2. The number of carboxylic acid groups (broad SMARTS) is 2. The fourth-order valence-electron chi connectivity index (χ4n) is 3.88. The van der Waals surface area contributed by atoms with Crippen LogP contribution in [0.4, 0.5) is 8.78 Å². The summed E-state index contributed by atoms with van der Waals surface area (Å²) >= 11 is 0. The Hall–Kier alpha value is -2.55. The molecule has 134 valence electrons. The molecule has 4 atom stereocenters. The van der Waals surface area contributed by atoms with Gasteiger partial charge in [-0.2, -0.15) is 0 Å². The Kier molecular flexibility index (Phi) is 3.79. The summed E-state index contributed by atoms with van der Waals surface area (Å²) in [6.07, 6.45) is 0.0214. The zero-order valence-electron chi connectivity index (χ0n) is 12.9. The number of nitrogens with two attached hydrogens (primary N) is 1. The number of benzene rings is 1. The molecule has 2 aliphatic rings. The molecule has 0 aromatic heterocycles. The van der Waals surface area contributed by atoms with Crippen molar-refractivity contribution < 1.29 is 38.1 Å². The van der Waals surface area contributed by atoms with E-state index in [0.717, 1.165) is 6.07 Å². The summed E-state index contributed by atoms with van der Waals surface area (Å²) in [7, 11) is 0. The van der Waals surface area contributed by atoms with Crippen LogP contribution >= 0.6 is 0 Å². The smallest absolute Gasteiger partial charge is 0.328 e. The number of esters is 1. The highest BCUT2D eigenvalue weighted by Gasteiger charge is 2.82. The lowest BCUT2D eigenvalue weighted by Gasteiger charge is -2.33. The number of fused-ring (bicyclic) bond motifs is 1. The van der Waals surface area contributed by atoms with Crippen LogP contribution < -0.4 is 5.73 Å². The van der Waals surface area contributed by atoms with Gasteiger partial charge in [0, 0.05) is 5.56 Å². The molecule has 2 fully saturated rings. The Morgan fingerprint density at radius 1 is 1.28 bits per heavy atom. The maximum absolute atomic E-state index is 13.6. The number of carbonyl (C=O) groups is 3. The van der Waals surface area contributed by atoms with Gasteiger partial charge in [-0.3, -0.25) is 9.59 Å². The van der Waals surface area contributed by atoms with Crippen molar-refractivity contribution in [2.75, 3.05) is 0 Å². The minimum Gasteiger partial charge on any atom is -0.481 e. The maximum Gasteiger partial charge on any atom is 0.328 e. The summed E-state index contributed by atoms with van der Waals surface area (Å²) in [5.41, 5.74) is 1.77. The number of aliphatic carboxylic acids is 2. The predicted molar refractivity (Wildman–Crippen MR) is 77.0 cm³/mol. The third kappa shape index (κ3) is 2.22. The first-order chi connectivity index (χ1) is 11.7. The van der Waals surface area contributed by atoms with E-state index in [1.54, 1.807) is 0 Å². The lowest BCUT2D eigenvalue weighted by atomic mass is 9.75. The summed E-state index contributed by atoms with van der Waals surface area (Å²) in [6, 6.07) is 3.28. The largest absolute Gasteiger partial charge is 0.481 e. The van der Waals surface area contributed by atoms with E-state index in [1.165, 1.54) is 12.1 Å². The van der Waals surface area contributed by atoms with Gasteiger partial charge in [0.1, 0.15) is 17.6 Å². The molecule has 0 saturated heterocycles. The van der Waals surface area contributed by atoms with Gasteiger partial charge in [-0.15, -0.1) is 0 Å². The molecule has 1 aromatic carbocycles. The number of ether oxygens (including phenoxy) is 1. The summed E-state index contributed by atoms with van der Waals surface area (Å²) in [4.78, 5) is 35.6. The van der Waals surface area contributed by atoms with Crippen LogP contribution in [0.2, 0.25) is 0 Å². The lowest BCUT2D eigenvalue weighted by Crippen LogP contribution is -2.63. The topological polar surface area (TPSA) is 127 Å². The van der Waals surface area contributed by atoms with Crippen LogP contribution in [0.1, 0.15) is 18.4 Å². The van der Waals surface area contributed by atoms with E-state index in [1.807, 2.05) is 0 Å². The molecule has 0 bridgehead atoms. The van der Waals surface area contributed by atoms with E-state index in [9.17, 15) is 33.4 Å². The van der Waals surface area contributed by atoms with Crippen LogP contribution in [0.25, 0.3) is 0 Å². The van der Waals surface area contributed by atoms with Gasteiger partial charge < -0.3 is 20.7 Å². The SMILES string of the molecule is N[C@@]1(C(=O)OCc2cccc(F)c2F)C(C(=O)O)C[C@@H]2C[C@]21C(=O)O. The Labute approximate surface area is 140 Å². The van der Waals surface area contributed by atoms with E-state index >= 15 is 0 Å². The quantitative estimate of drug-likeness (QED) is 0.670. The third-order valence-corrected chi connectivity index (χ3v) is 5.32. The number of hydrogen-bond acceptors (Lipinski definition) is 5. The van der Waals surface area contributed by atoms with Gasteiger partial charge in [0.2, 0.25) is 0 Å². The minimum absolute atomic E-state index is 0.0540. The van der Waals surface area contributed by atoms with E-state index < -0.39 is 58.9 Å². The second kappa shape index (κ2) is 5.48. The highest BCUT2D eigenvalue weighted by Crippen LogP contribution is 2.69. The molecule has 0 aliphatic heterocycles. The fourth-order valence-corrected chi connectivity index (χ4v) is 3.88. The van der Waals surface area contributed by atoms with Gasteiger partial charge in [-0.05, 0) is 24.8 Å². The average Bonchev–Trinajstić information content (AvgIpc) is 3.23. The highest BCUT2D eigenvalue weighted by molar-refractivity contribution is 5.99. The first-order valence-corrected chi connectivity index (χ1v) is 7.51. The summed E-state index contributed by atoms with van der Waals surface area (Å²) in [5.74, 6) is -8.31. The second-order valence-electron chi connectivity index (χ2n) is 6.46. The molecule has 3 rings (SSSR count). The molecular formula is C16H15F2NO6. The van der Waals surface area contributed by atoms with Crippen molar-refractivity contribution >= 4 is 17.9 Å². The molecule has 1 unspecified atom stereocenters. The lowest BCUT2D eigenvalue weighted by molar-refractivity contribution is -0.168. The fraction of sp³-hybridized carbons (Fsp3) is 0.438. The van der Waals surface area contributed by atoms with E-state index in [-0.39, 0.29) is 18.4 Å². The first kappa shape index (κ1) is 17.3. The van der Waals surface area contributed by atoms with Crippen LogP contribution in [-0.2, 0) is 25.7 Å². The predicted octanol–water partition coefficient (Wildman–Crippen LogP) is 0.901. The third-order valence-electron chi connectivity index (χ3n) is 5.32.